The standard InChI is InChI=1S/C21H29FN6O.HI/c1-2-24-21(25-15-18-13-17(14-23)5-6-19(18)22)28-11-9-26(10-12-28)16-20(29)27-7-3-4-8-27;/h5-6,13H,2-4,7-12,15-16H2,1H3,(H,24,25);1H. The Morgan fingerprint density at radius 1 is 1.17 bits per heavy atom. The number of hydrogen-bond donors (Lipinski definition) is 1. The summed E-state index contributed by atoms with van der Waals surface area (Å²) in [5.41, 5.74) is 0.840. The van der Waals surface area contributed by atoms with Crippen molar-refractivity contribution < 1.29 is 9.18 Å². The van der Waals surface area contributed by atoms with E-state index in [1.807, 2.05) is 17.9 Å². The minimum Gasteiger partial charge on any atom is -0.357 e. The highest BCUT2D eigenvalue weighted by molar-refractivity contribution is 14.0. The van der Waals surface area contributed by atoms with Gasteiger partial charge in [-0.1, -0.05) is 0 Å². The van der Waals surface area contributed by atoms with E-state index < -0.39 is 0 Å². The Labute approximate surface area is 194 Å². The number of likely N-dealkylation sites (tertiary alicyclic amines) is 1. The van der Waals surface area contributed by atoms with E-state index in [4.69, 9.17) is 5.26 Å². The summed E-state index contributed by atoms with van der Waals surface area (Å²) in [6, 6.07) is 6.36. The molecule has 0 unspecified atom stereocenters. The lowest BCUT2D eigenvalue weighted by molar-refractivity contribution is -0.131. The SMILES string of the molecule is CCNC(=NCc1cc(C#N)ccc1F)N1CCN(CC(=O)N2CCCC2)CC1.I. The number of guanidine groups is 1. The zero-order chi connectivity index (χ0) is 20.6. The van der Waals surface area contributed by atoms with Crippen LogP contribution in [0.2, 0.25) is 0 Å². The molecule has 1 amide bonds. The van der Waals surface area contributed by atoms with Crippen molar-refractivity contribution in [3.8, 4) is 6.07 Å². The Morgan fingerprint density at radius 2 is 1.87 bits per heavy atom. The molecular weight excluding hydrogens is 498 g/mol. The number of nitrogens with zero attached hydrogens (tertiary/aromatic N) is 5. The smallest absolute Gasteiger partial charge is 0.236 e. The van der Waals surface area contributed by atoms with Gasteiger partial charge in [0.15, 0.2) is 5.96 Å². The van der Waals surface area contributed by atoms with Crippen molar-refractivity contribution in [3.63, 3.8) is 0 Å². The van der Waals surface area contributed by atoms with E-state index in [0.29, 0.717) is 24.2 Å². The first-order valence-electron chi connectivity index (χ1n) is 10.3. The predicted octanol–water partition coefficient (Wildman–Crippen LogP) is 2.02. The molecule has 0 radical (unpaired) electrons. The van der Waals surface area contributed by atoms with Crippen LogP contribution >= 0.6 is 24.0 Å². The van der Waals surface area contributed by atoms with Gasteiger partial charge in [0.1, 0.15) is 5.82 Å². The lowest BCUT2D eigenvalue weighted by atomic mass is 10.1. The average molecular weight is 528 g/mol. The molecule has 2 aliphatic heterocycles. The fraction of sp³-hybridized carbons (Fsp3) is 0.571. The second-order valence-electron chi connectivity index (χ2n) is 7.44. The molecule has 9 heteroatoms. The van der Waals surface area contributed by atoms with Crippen LogP contribution in [0.3, 0.4) is 0 Å². The number of nitriles is 1. The van der Waals surface area contributed by atoms with Crippen molar-refractivity contribution in [2.45, 2.75) is 26.3 Å². The number of nitrogens with one attached hydrogen (secondary N) is 1. The number of aliphatic imine (C=N–C) groups is 1. The number of benzene rings is 1. The van der Waals surface area contributed by atoms with Crippen LogP contribution in [-0.2, 0) is 11.3 Å². The van der Waals surface area contributed by atoms with Crippen LogP contribution in [0.4, 0.5) is 4.39 Å². The average Bonchev–Trinajstić information content (AvgIpc) is 3.28. The maximum absolute atomic E-state index is 14.0. The molecule has 164 valence electrons. The molecule has 2 saturated heterocycles. The van der Waals surface area contributed by atoms with E-state index >= 15 is 0 Å². The highest BCUT2D eigenvalue weighted by atomic mass is 127. The molecule has 1 aromatic rings. The van der Waals surface area contributed by atoms with Gasteiger partial charge >= 0.3 is 0 Å². The van der Waals surface area contributed by atoms with E-state index in [9.17, 15) is 9.18 Å². The Bertz CT molecular complexity index is 782. The van der Waals surface area contributed by atoms with E-state index in [-0.39, 0.29) is 42.2 Å². The van der Waals surface area contributed by atoms with Gasteiger partial charge in [0, 0.05) is 51.4 Å². The third-order valence-corrected chi connectivity index (χ3v) is 5.40. The molecule has 30 heavy (non-hydrogen) atoms. The normalized spacial score (nSPS) is 17.4. The monoisotopic (exact) mass is 528 g/mol. The summed E-state index contributed by atoms with van der Waals surface area (Å²) < 4.78 is 14.0. The van der Waals surface area contributed by atoms with Gasteiger partial charge in [0.25, 0.3) is 0 Å². The van der Waals surface area contributed by atoms with Crippen molar-refractivity contribution in [2.24, 2.45) is 4.99 Å². The van der Waals surface area contributed by atoms with E-state index in [1.54, 1.807) is 6.07 Å². The van der Waals surface area contributed by atoms with Gasteiger partial charge in [-0.3, -0.25) is 9.69 Å². The number of hydrogen-bond acceptors (Lipinski definition) is 4. The molecule has 7 nitrogen and oxygen atoms in total. The first-order valence-corrected chi connectivity index (χ1v) is 10.3. The highest BCUT2D eigenvalue weighted by Gasteiger charge is 2.24. The van der Waals surface area contributed by atoms with E-state index in [1.165, 1.54) is 12.1 Å². The number of halogens is 2. The Balaban J connectivity index is 0.00000320. The molecule has 0 aromatic heterocycles. The summed E-state index contributed by atoms with van der Waals surface area (Å²) in [7, 11) is 0. The van der Waals surface area contributed by atoms with Crippen LogP contribution in [-0.4, -0.2) is 78.9 Å². The van der Waals surface area contributed by atoms with E-state index in [0.717, 1.165) is 58.1 Å². The lowest BCUT2D eigenvalue weighted by Crippen LogP contribution is -2.54. The topological polar surface area (TPSA) is 75.0 Å². The predicted molar refractivity (Wildman–Crippen MR) is 125 cm³/mol. The van der Waals surface area contributed by atoms with Crippen LogP contribution in [0.15, 0.2) is 23.2 Å². The van der Waals surface area contributed by atoms with Gasteiger partial charge in [0.2, 0.25) is 5.91 Å². The Morgan fingerprint density at radius 3 is 2.50 bits per heavy atom. The summed E-state index contributed by atoms with van der Waals surface area (Å²) in [5.74, 6) is 0.609. The Hall–Kier alpha value is -1.93. The summed E-state index contributed by atoms with van der Waals surface area (Å²) in [6.45, 7) is 8.26. The van der Waals surface area contributed by atoms with Crippen molar-refractivity contribution in [3.05, 3.63) is 35.1 Å². The quantitative estimate of drug-likeness (QED) is 0.360. The molecular formula is C21H30FIN6O. The molecule has 0 bridgehead atoms. The molecule has 0 aliphatic carbocycles. The fourth-order valence-electron chi connectivity index (χ4n) is 3.73. The molecule has 1 aromatic carbocycles. The van der Waals surface area contributed by atoms with Gasteiger partial charge in [-0.25, -0.2) is 9.38 Å². The minimum atomic E-state index is -0.353. The summed E-state index contributed by atoms with van der Waals surface area (Å²) >= 11 is 0. The van der Waals surface area contributed by atoms with Gasteiger partial charge in [-0.2, -0.15) is 5.26 Å². The largest absolute Gasteiger partial charge is 0.357 e. The lowest BCUT2D eigenvalue weighted by Gasteiger charge is -2.36. The maximum Gasteiger partial charge on any atom is 0.236 e. The van der Waals surface area contributed by atoms with Crippen LogP contribution in [0.25, 0.3) is 0 Å². The van der Waals surface area contributed by atoms with Crippen LogP contribution < -0.4 is 5.32 Å². The second-order valence-corrected chi connectivity index (χ2v) is 7.44. The molecule has 3 rings (SSSR count). The number of amides is 1. The van der Waals surface area contributed by atoms with Crippen molar-refractivity contribution in [1.29, 1.82) is 5.26 Å². The van der Waals surface area contributed by atoms with Gasteiger partial charge in [-0.15, -0.1) is 24.0 Å². The zero-order valence-corrected chi connectivity index (χ0v) is 19.8. The molecule has 0 atom stereocenters. The molecule has 0 saturated carbocycles. The van der Waals surface area contributed by atoms with Crippen molar-refractivity contribution in [1.82, 2.24) is 20.0 Å². The molecule has 2 aliphatic rings. The van der Waals surface area contributed by atoms with Gasteiger partial charge < -0.3 is 15.1 Å². The van der Waals surface area contributed by atoms with Crippen LogP contribution in [0.5, 0.6) is 0 Å². The zero-order valence-electron chi connectivity index (χ0n) is 17.4. The van der Waals surface area contributed by atoms with Crippen molar-refractivity contribution >= 4 is 35.8 Å². The number of carbonyl (C=O) groups excluding carboxylic acids is 1. The van der Waals surface area contributed by atoms with Crippen LogP contribution in [0.1, 0.15) is 30.9 Å². The molecule has 2 fully saturated rings. The van der Waals surface area contributed by atoms with Gasteiger partial charge in [0.05, 0.1) is 24.7 Å². The summed E-state index contributed by atoms with van der Waals surface area (Å²) in [4.78, 5) is 23.2. The van der Waals surface area contributed by atoms with Gasteiger partial charge in [-0.05, 0) is 38.0 Å². The first-order chi connectivity index (χ1) is 14.1. The molecule has 0 spiro atoms. The van der Waals surface area contributed by atoms with Crippen LogP contribution in [0, 0.1) is 17.1 Å². The summed E-state index contributed by atoms with van der Waals surface area (Å²) in [5, 5.41) is 12.3. The Kier molecular flexibility index (Phi) is 9.78. The third-order valence-electron chi connectivity index (χ3n) is 5.40. The fourth-order valence-corrected chi connectivity index (χ4v) is 3.73. The number of carbonyl (C=O) groups is 1. The minimum absolute atomic E-state index is 0. The number of rotatable bonds is 5. The molecule has 1 N–H and O–H groups in total. The number of piperazine rings is 1. The third kappa shape index (κ3) is 6.54. The summed E-state index contributed by atoms with van der Waals surface area (Å²) in [6.07, 6.45) is 2.22. The first kappa shape index (κ1) is 24.3. The van der Waals surface area contributed by atoms with E-state index in [2.05, 4.69) is 20.1 Å². The highest BCUT2D eigenvalue weighted by Crippen LogP contribution is 2.13. The van der Waals surface area contributed by atoms with Crippen molar-refractivity contribution in [2.75, 3.05) is 52.4 Å². The second kappa shape index (κ2) is 12.1. The molecule has 2 heterocycles. The maximum atomic E-state index is 14.0.